The van der Waals surface area contributed by atoms with Crippen LogP contribution in [0, 0.1) is 13.8 Å². The van der Waals surface area contributed by atoms with Gasteiger partial charge in [0.2, 0.25) is 5.91 Å². The van der Waals surface area contributed by atoms with E-state index in [2.05, 4.69) is 15.3 Å². The van der Waals surface area contributed by atoms with Crippen molar-refractivity contribution in [3.63, 3.8) is 0 Å². The molecule has 6 heteroatoms. The van der Waals surface area contributed by atoms with Gasteiger partial charge < -0.3 is 10.4 Å². The van der Waals surface area contributed by atoms with Gasteiger partial charge in [-0.1, -0.05) is 6.42 Å². The summed E-state index contributed by atoms with van der Waals surface area (Å²) in [5.74, 6) is 0.00649. The van der Waals surface area contributed by atoms with Crippen LogP contribution in [0.3, 0.4) is 0 Å². The highest BCUT2D eigenvalue weighted by molar-refractivity contribution is 5.95. The van der Waals surface area contributed by atoms with Crippen LogP contribution >= 0.6 is 0 Å². The maximum Gasteiger partial charge on any atom is 0.241 e. The van der Waals surface area contributed by atoms with E-state index in [-0.39, 0.29) is 18.6 Å². The van der Waals surface area contributed by atoms with Crippen LogP contribution in [0.15, 0.2) is 30.3 Å². The van der Waals surface area contributed by atoms with Crippen LogP contribution in [-0.2, 0) is 4.79 Å². The first kappa shape index (κ1) is 17.6. The molecule has 3 rings (SSSR count). The minimum absolute atomic E-state index is 0.00649. The zero-order valence-corrected chi connectivity index (χ0v) is 14.9. The second-order valence-corrected chi connectivity index (χ2v) is 6.65. The Hall–Kier alpha value is -2.18. The van der Waals surface area contributed by atoms with Crippen molar-refractivity contribution < 1.29 is 9.90 Å². The standard InChI is InChI=1S/C19H26N4O2/c1-14-13-15(2)23(21-14)17-8-6-16(7-9-17)20-19(25)18-5-3-4-10-22(18)11-12-24/h6-9,13,18,24H,3-5,10-12H2,1-2H3,(H,20,25)/t18-/m1/s1. The van der Waals surface area contributed by atoms with Gasteiger partial charge >= 0.3 is 0 Å². The number of hydrogen-bond donors (Lipinski definition) is 2. The smallest absolute Gasteiger partial charge is 0.241 e. The molecule has 134 valence electrons. The van der Waals surface area contributed by atoms with Crippen LogP contribution in [0.4, 0.5) is 5.69 Å². The number of rotatable bonds is 5. The molecule has 25 heavy (non-hydrogen) atoms. The van der Waals surface area contributed by atoms with Crippen LogP contribution in [0.2, 0.25) is 0 Å². The highest BCUT2D eigenvalue weighted by atomic mass is 16.3. The van der Waals surface area contributed by atoms with E-state index < -0.39 is 0 Å². The van der Waals surface area contributed by atoms with Gasteiger partial charge in [-0.25, -0.2) is 4.68 Å². The van der Waals surface area contributed by atoms with Gasteiger partial charge in [0.15, 0.2) is 0 Å². The molecule has 0 spiro atoms. The van der Waals surface area contributed by atoms with Crippen molar-refractivity contribution in [3.05, 3.63) is 41.7 Å². The zero-order chi connectivity index (χ0) is 17.8. The third-order valence-corrected chi connectivity index (χ3v) is 4.69. The fourth-order valence-electron chi connectivity index (χ4n) is 3.49. The number of piperidine rings is 1. The Morgan fingerprint density at radius 2 is 2.04 bits per heavy atom. The maximum absolute atomic E-state index is 12.6. The van der Waals surface area contributed by atoms with E-state index in [1.165, 1.54) is 0 Å². The van der Waals surface area contributed by atoms with Crippen LogP contribution in [0.1, 0.15) is 30.7 Å². The summed E-state index contributed by atoms with van der Waals surface area (Å²) in [7, 11) is 0. The van der Waals surface area contributed by atoms with Crippen molar-refractivity contribution in [2.45, 2.75) is 39.2 Å². The lowest BCUT2D eigenvalue weighted by Crippen LogP contribution is -2.48. The number of aliphatic hydroxyl groups excluding tert-OH is 1. The SMILES string of the molecule is Cc1cc(C)n(-c2ccc(NC(=O)[C@H]3CCCCN3CCO)cc2)n1. The molecule has 0 bridgehead atoms. The number of nitrogens with zero attached hydrogens (tertiary/aromatic N) is 3. The van der Waals surface area contributed by atoms with Crippen LogP contribution < -0.4 is 5.32 Å². The van der Waals surface area contributed by atoms with E-state index in [0.29, 0.717) is 6.54 Å². The van der Waals surface area contributed by atoms with E-state index >= 15 is 0 Å². The van der Waals surface area contributed by atoms with E-state index in [4.69, 9.17) is 0 Å². The number of hydrogen-bond acceptors (Lipinski definition) is 4. The molecule has 1 aliphatic rings. The Labute approximate surface area is 148 Å². The predicted molar refractivity (Wildman–Crippen MR) is 98.0 cm³/mol. The number of β-amino-alcohol motifs (C(OH)–C–C–N with tert-alkyl or cyclic N) is 1. The summed E-state index contributed by atoms with van der Waals surface area (Å²) >= 11 is 0. The first-order valence-corrected chi connectivity index (χ1v) is 8.88. The number of likely N-dealkylation sites (tertiary alicyclic amines) is 1. The average Bonchev–Trinajstić information content (AvgIpc) is 2.94. The Morgan fingerprint density at radius 1 is 1.28 bits per heavy atom. The molecule has 0 saturated carbocycles. The summed E-state index contributed by atoms with van der Waals surface area (Å²) < 4.78 is 1.89. The summed E-state index contributed by atoms with van der Waals surface area (Å²) in [6.07, 6.45) is 2.98. The van der Waals surface area contributed by atoms with Crippen LogP contribution in [0.25, 0.3) is 5.69 Å². The lowest BCUT2D eigenvalue weighted by atomic mass is 10.0. The van der Waals surface area contributed by atoms with Crippen molar-refractivity contribution in [1.29, 1.82) is 0 Å². The summed E-state index contributed by atoms with van der Waals surface area (Å²) in [5.41, 5.74) is 3.82. The van der Waals surface area contributed by atoms with Crippen LogP contribution in [0.5, 0.6) is 0 Å². The zero-order valence-electron chi connectivity index (χ0n) is 14.9. The lowest BCUT2D eigenvalue weighted by Gasteiger charge is -2.34. The molecule has 0 radical (unpaired) electrons. The number of aryl methyl sites for hydroxylation is 2. The molecule has 1 fully saturated rings. The number of nitrogens with one attached hydrogen (secondary N) is 1. The number of benzene rings is 1. The largest absolute Gasteiger partial charge is 0.395 e. The van der Waals surface area contributed by atoms with Gasteiger partial charge in [-0.2, -0.15) is 5.10 Å². The lowest BCUT2D eigenvalue weighted by molar-refractivity contribution is -0.122. The third kappa shape index (κ3) is 4.08. The highest BCUT2D eigenvalue weighted by Crippen LogP contribution is 2.20. The second-order valence-electron chi connectivity index (χ2n) is 6.65. The van der Waals surface area contributed by atoms with Crippen molar-refractivity contribution in [1.82, 2.24) is 14.7 Å². The monoisotopic (exact) mass is 342 g/mol. The minimum Gasteiger partial charge on any atom is -0.395 e. The number of aromatic nitrogens is 2. The molecule has 1 saturated heterocycles. The van der Waals surface area contributed by atoms with Gasteiger partial charge in [0.1, 0.15) is 0 Å². The Kier molecular flexibility index (Phi) is 5.50. The average molecular weight is 342 g/mol. The molecule has 6 nitrogen and oxygen atoms in total. The molecule has 0 aliphatic carbocycles. The van der Waals surface area contributed by atoms with Gasteiger partial charge in [-0.3, -0.25) is 9.69 Å². The molecule has 1 amide bonds. The molecular formula is C19H26N4O2. The fourth-order valence-corrected chi connectivity index (χ4v) is 3.49. The topological polar surface area (TPSA) is 70.4 Å². The van der Waals surface area contributed by atoms with E-state index in [0.717, 1.165) is 48.6 Å². The molecule has 2 heterocycles. The van der Waals surface area contributed by atoms with E-state index in [1.807, 2.05) is 48.9 Å². The summed E-state index contributed by atoms with van der Waals surface area (Å²) in [4.78, 5) is 14.7. The molecule has 1 atom stereocenters. The molecule has 1 aromatic heterocycles. The third-order valence-electron chi connectivity index (χ3n) is 4.69. The first-order valence-electron chi connectivity index (χ1n) is 8.88. The quantitative estimate of drug-likeness (QED) is 0.874. The van der Waals surface area contributed by atoms with Gasteiger partial charge in [0, 0.05) is 17.9 Å². The predicted octanol–water partition coefficient (Wildman–Crippen LogP) is 2.27. The van der Waals surface area contributed by atoms with Crippen molar-refractivity contribution in [3.8, 4) is 5.69 Å². The number of amides is 1. The number of aliphatic hydroxyl groups is 1. The summed E-state index contributed by atoms with van der Waals surface area (Å²) in [6.45, 7) is 5.50. The van der Waals surface area contributed by atoms with Crippen molar-refractivity contribution >= 4 is 11.6 Å². The van der Waals surface area contributed by atoms with Gasteiger partial charge in [-0.05, 0) is 63.6 Å². The summed E-state index contributed by atoms with van der Waals surface area (Å²) in [5, 5.41) is 16.7. The molecule has 1 aromatic carbocycles. The summed E-state index contributed by atoms with van der Waals surface area (Å²) in [6, 6.07) is 9.61. The normalized spacial score (nSPS) is 18.3. The van der Waals surface area contributed by atoms with Gasteiger partial charge in [0.05, 0.1) is 24.0 Å². The fraction of sp³-hybridized carbons (Fsp3) is 0.474. The second kappa shape index (κ2) is 7.80. The molecule has 1 aliphatic heterocycles. The molecule has 2 aromatic rings. The van der Waals surface area contributed by atoms with Crippen molar-refractivity contribution in [2.24, 2.45) is 0 Å². The Bertz CT molecular complexity index is 722. The maximum atomic E-state index is 12.6. The number of carbonyl (C=O) groups is 1. The van der Waals surface area contributed by atoms with Gasteiger partial charge in [-0.15, -0.1) is 0 Å². The van der Waals surface area contributed by atoms with Crippen molar-refractivity contribution in [2.75, 3.05) is 25.0 Å². The first-order chi connectivity index (χ1) is 12.1. The molecular weight excluding hydrogens is 316 g/mol. The molecule has 0 unspecified atom stereocenters. The highest BCUT2D eigenvalue weighted by Gasteiger charge is 2.28. The van der Waals surface area contributed by atoms with Gasteiger partial charge in [0.25, 0.3) is 0 Å². The van der Waals surface area contributed by atoms with E-state index in [9.17, 15) is 9.90 Å². The Morgan fingerprint density at radius 3 is 2.68 bits per heavy atom. The van der Waals surface area contributed by atoms with Crippen LogP contribution in [-0.4, -0.2) is 51.4 Å². The molecule has 2 N–H and O–H groups in total. The minimum atomic E-state index is -0.156. The van der Waals surface area contributed by atoms with E-state index in [1.54, 1.807) is 0 Å². The Balaban J connectivity index is 1.68. The number of anilines is 1. The number of carbonyl (C=O) groups excluding carboxylic acids is 1.